The quantitative estimate of drug-likeness (QED) is 0.778. The lowest BCUT2D eigenvalue weighted by atomic mass is 9.70. The molecule has 0 aliphatic rings. The van der Waals surface area contributed by atoms with Crippen LogP contribution >= 0.6 is 0 Å². The topological polar surface area (TPSA) is 41.6 Å². The molecule has 0 aromatic carbocycles. The summed E-state index contributed by atoms with van der Waals surface area (Å²) in [6.07, 6.45) is 1.81. The Morgan fingerprint density at radius 3 is 2.31 bits per heavy atom. The monoisotopic (exact) mass is 181 g/mol. The van der Waals surface area contributed by atoms with Gasteiger partial charge in [0.2, 0.25) is 0 Å². The first-order valence-electron chi connectivity index (χ1n) is 4.82. The van der Waals surface area contributed by atoms with Crippen molar-refractivity contribution in [2.75, 3.05) is 0 Å². The summed E-state index contributed by atoms with van der Waals surface area (Å²) in [7, 11) is 0. The van der Waals surface area contributed by atoms with Crippen LogP contribution in [0.4, 0.5) is 0 Å². The normalized spacial score (nSPS) is 14.9. The van der Waals surface area contributed by atoms with E-state index < -0.39 is 0 Å². The minimum atomic E-state index is 0.261. The van der Waals surface area contributed by atoms with E-state index in [1.54, 1.807) is 0 Å². The molecule has 0 aliphatic carbocycles. The van der Waals surface area contributed by atoms with Gasteiger partial charge in [0.15, 0.2) is 0 Å². The summed E-state index contributed by atoms with van der Waals surface area (Å²) >= 11 is 0. The van der Waals surface area contributed by atoms with Gasteiger partial charge in [-0.2, -0.15) is 15.4 Å². The molecule has 1 heterocycles. The average molecular weight is 181 g/mol. The highest BCUT2D eigenvalue weighted by atomic mass is 15.3. The maximum absolute atomic E-state index is 4.13. The van der Waals surface area contributed by atoms with Crippen LogP contribution in [0, 0.1) is 11.3 Å². The van der Waals surface area contributed by atoms with Crippen LogP contribution in [0.3, 0.4) is 0 Å². The molecule has 74 valence electrons. The Morgan fingerprint density at radius 2 is 1.92 bits per heavy atom. The van der Waals surface area contributed by atoms with Crippen molar-refractivity contribution in [2.45, 2.75) is 40.5 Å². The predicted molar refractivity (Wildman–Crippen MR) is 53.4 cm³/mol. The van der Waals surface area contributed by atoms with Gasteiger partial charge in [-0.3, -0.25) is 0 Å². The fourth-order valence-corrected chi connectivity index (χ4v) is 1.30. The fraction of sp³-hybridized carbons (Fsp3) is 0.800. The minimum absolute atomic E-state index is 0.261. The van der Waals surface area contributed by atoms with Gasteiger partial charge < -0.3 is 0 Å². The fourth-order valence-electron chi connectivity index (χ4n) is 1.30. The van der Waals surface area contributed by atoms with Crippen LogP contribution in [0.15, 0.2) is 6.20 Å². The first-order chi connectivity index (χ1) is 5.96. The SMILES string of the molecule is CC(C)C(C)(C)C(C)c1cn[nH]n1. The van der Waals surface area contributed by atoms with Crippen molar-refractivity contribution in [3.8, 4) is 0 Å². The molecular formula is C10H19N3. The summed E-state index contributed by atoms with van der Waals surface area (Å²) in [5, 5.41) is 10.6. The van der Waals surface area contributed by atoms with E-state index >= 15 is 0 Å². The van der Waals surface area contributed by atoms with Crippen LogP contribution in [-0.2, 0) is 0 Å². The number of hydrogen-bond acceptors (Lipinski definition) is 2. The molecule has 0 radical (unpaired) electrons. The first-order valence-corrected chi connectivity index (χ1v) is 4.82. The maximum Gasteiger partial charge on any atom is 0.0858 e. The molecular weight excluding hydrogens is 162 g/mol. The Hall–Kier alpha value is -0.860. The third kappa shape index (κ3) is 1.90. The van der Waals surface area contributed by atoms with E-state index in [0.717, 1.165) is 5.69 Å². The lowest BCUT2D eigenvalue weighted by Crippen LogP contribution is -2.26. The number of H-pyrrole nitrogens is 1. The van der Waals surface area contributed by atoms with Gasteiger partial charge in [0.25, 0.3) is 0 Å². The summed E-state index contributed by atoms with van der Waals surface area (Å²) in [5.41, 5.74) is 1.32. The van der Waals surface area contributed by atoms with E-state index in [2.05, 4.69) is 50.0 Å². The van der Waals surface area contributed by atoms with Crippen molar-refractivity contribution in [3.63, 3.8) is 0 Å². The van der Waals surface area contributed by atoms with Crippen molar-refractivity contribution in [3.05, 3.63) is 11.9 Å². The van der Waals surface area contributed by atoms with E-state index in [-0.39, 0.29) is 5.41 Å². The Balaban J connectivity index is 2.84. The summed E-state index contributed by atoms with van der Waals surface area (Å²) < 4.78 is 0. The number of aromatic amines is 1. The third-order valence-electron chi connectivity index (χ3n) is 3.48. The van der Waals surface area contributed by atoms with E-state index in [1.807, 2.05) is 6.20 Å². The summed E-state index contributed by atoms with van der Waals surface area (Å²) in [4.78, 5) is 0. The zero-order valence-corrected chi connectivity index (χ0v) is 9.13. The van der Waals surface area contributed by atoms with Crippen LogP contribution in [0.2, 0.25) is 0 Å². The van der Waals surface area contributed by atoms with Gasteiger partial charge in [-0.15, -0.1) is 0 Å². The van der Waals surface area contributed by atoms with Crippen LogP contribution in [0.1, 0.15) is 46.2 Å². The second-order valence-electron chi connectivity index (χ2n) is 4.59. The van der Waals surface area contributed by atoms with Gasteiger partial charge in [0.1, 0.15) is 0 Å². The van der Waals surface area contributed by atoms with Crippen LogP contribution in [0.5, 0.6) is 0 Å². The lowest BCUT2D eigenvalue weighted by Gasteiger charge is -2.34. The van der Waals surface area contributed by atoms with Gasteiger partial charge in [0.05, 0.1) is 11.9 Å². The van der Waals surface area contributed by atoms with Gasteiger partial charge in [-0.1, -0.05) is 34.6 Å². The Morgan fingerprint density at radius 1 is 1.31 bits per heavy atom. The molecule has 0 saturated carbocycles. The summed E-state index contributed by atoms with van der Waals surface area (Å²) in [6.45, 7) is 11.2. The molecule has 1 unspecified atom stereocenters. The molecule has 0 aliphatic heterocycles. The summed E-state index contributed by atoms with van der Waals surface area (Å²) in [6, 6.07) is 0. The number of nitrogens with zero attached hydrogens (tertiary/aromatic N) is 2. The molecule has 1 aromatic rings. The van der Waals surface area contributed by atoms with Gasteiger partial charge in [-0.25, -0.2) is 0 Å². The number of rotatable bonds is 3. The zero-order chi connectivity index (χ0) is 10.1. The third-order valence-corrected chi connectivity index (χ3v) is 3.48. The number of nitrogens with one attached hydrogen (secondary N) is 1. The molecule has 0 saturated heterocycles. The molecule has 3 nitrogen and oxygen atoms in total. The molecule has 0 amide bonds. The Labute approximate surface area is 79.9 Å². The van der Waals surface area contributed by atoms with Crippen LogP contribution in [0.25, 0.3) is 0 Å². The molecule has 0 spiro atoms. The van der Waals surface area contributed by atoms with Crippen molar-refractivity contribution in [1.82, 2.24) is 15.4 Å². The van der Waals surface area contributed by atoms with E-state index in [1.165, 1.54) is 0 Å². The smallest absolute Gasteiger partial charge is 0.0858 e. The molecule has 1 rings (SSSR count). The highest BCUT2D eigenvalue weighted by Crippen LogP contribution is 2.39. The van der Waals surface area contributed by atoms with Crippen LogP contribution < -0.4 is 0 Å². The standard InChI is InChI=1S/C10H19N3/c1-7(2)10(4,5)8(3)9-6-11-13-12-9/h6-8H,1-5H3,(H,11,12,13). The van der Waals surface area contributed by atoms with E-state index in [9.17, 15) is 0 Å². The molecule has 13 heavy (non-hydrogen) atoms. The molecule has 1 N–H and O–H groups in total. The van der Waals surface area contributed by atoms with Gasteiger partial charge >= 0.3 is 0 Å². The molecule has 0 bridgehead atoms. The Bertz CT molecular complexity index is 249. The van der Waals surface area contributed by atoms with Crippen LogP contribution in [-0.4, -0.2) is 15.4 Å². The van der Waals surface area contributed by atoms with Crippen molar-refractivity contribution in [2.24, 2.45) is 11.3 Å². The zero-order valence-electron chi connectivity index (χ0n) is 9.13. The Kier molecular flexibility index (Phi) is 2.74. The molecule has 0 fully saturated rings. The van der Waals surface area contributed by atoms with Gasteiger partial charge in [-0.05, 0) is 11.3 Å². The van der Waals surface area contributed by atoms with Gasteiger partial charge in [0, 0.05) is 5.92 Å². The highest BCUT2D eigenvalue weighted by molar-refractivity contribution is 5.05. The van der Waals surface area contributed by atoms with Crippen molar-refractivity contribution >= 4 is 0 Å². The van der Waals surface area contributed by atoms with E-state index in [4.69, 9.17) is 0 Å². The predicted octanol–water partition coefficient (Wildman–Crippen LogP) is 2.59. The number of aromatic nitrogens is 3. The second kappa shape index (κ2) is 3.48. The van der Waals surface area contributed by atoms with Crippen molar-refractivity contribution in [1.29, 1.82) is 0 Å². The maximum atomic E-state index is 4.13. The molecule has 1 atom stereocenters. The first kappa shape index (κ1) is 10.2. The molecule has 1 aromatic heterocycles. The average Bonchev–Trinajstić information content (AvgIpc) is 2.54. The minimum Gasteiger partial charge on any atom is -0.198 e. The summed E-state index contributed by atoms with van der Waals surface area (Å²) in [5.74, 6) is 1.07. The highest BCUT2D eigenvalue weighted by Gasteiger charge is 2.31. The molecule has 3 heteroatoms. The lowest BCUT2D eigenvalue weighted by molar-refractivity contribution is 0.200. The largest absolute Gasteiger partial charge is 0.198 e. The van der Waals surface area contributed by atoms with Crippen molar-refractivity contribution < 1.29 is 0 Å². The second-order valence-corrected chi connectivity index (χ2v) is 4.59. The van der Waals surface area contributed by atoms with E-state index in [0.29, 0.717) is 11.8 Å². The number of hydrogen-bond donors (Lipinski definition) is 1.